The Bertz CT molecular complexity index is 769. The summed E-state index contributed by atoms with van der Waals surface area (Å²) in [6, 6.07) is 13.5. The van der Waals surface area contributed by atoms with Gasteiger partial charge in [0, 0.05) is 23.2 Å². The van der Waals surface area contributed by atoms with Gasteiger partial charge >= 0.3 is 0 Å². The van der Waals surface area contributed by atoms with E-state index in [9.17, 15) is 0 Å². The van der Waals surface area contributed by atoms with E-state index in [1.807, 2.05) is 0 Å². The predicted octanol–water partition coefficient (Wildman–Crippen LogP) is 6.12. The van der Waals surface area contributed by atoms with E-state index in [0.717, 1.165) is 11.1 Å². The van der Waals surface area contributed by atoms with Crippen LogP contribution < -0.4 is 0 Å². The topological polar surface area (TPSA) is 18.5 Å². The number of benzene rings is 2. The highest BCUT2D eigenvalue weighted by Crippen LogP contribution is 2.56. The van der Waals surface area contributed by atoms with Gasteiger partial charge in [-0.25, -0.2) is 0 Å². The van der Waals surface area contributed by atoms with Crippen LogP contribution >= 0.6 is 12.0 Å². The molecule has 1 aliphatic carbocycles. The van der Waals surface area contributed by atoms with Gasteiger partial charge in [0.05, 0.1) is 0 Å². The van der Waals surface area contributed by atoms with Crippen molar-refractivity contribution in [2.75, 3.05) is 5.94 Å². The minimum Gasteiger partial charge on any atom is -0.328 e. The van der Waals surface area contributed by atoms with E-state index in [2.05, 4.69) is 77.9 Å². The molecule has 4 rings (SSSR count). The molecule has 1 spiro atoms. The van der Waals surface area contributed by atoms with Gasteiger partial charge in [0.25, 0.3) is 0 Å². The molecule has 0 N–H and O–H groups in total. The third kappa shape index (κ3) is 2.56. The Morgan fingerprint density at radius 1 is 0.800 bits per heavy atom. The zero-order valence-electron chi connectivity index (χ0n) is 15.9. The van der Waals surface area contributed by atoms with Crippen molar-refractivity contribution in [3.05, 3.63) is 58.7 Å². The lowest BCUT2D eigenvalue weighted by Crippen LogP contribution is -2.26. The van der Waals surface area contributed by atoms with E-state index in [1.54, 1.807) is 0 Å². The Labute approximate surface area is 155 Å². The number of fused-ring (bicyclic) bond motifs is 5. The van der Waals surface area contributed by atoms with Crippen LogP contribution in [0.3, 0.4) is 0 Å². The van der Waals surface area contributed by atoms with Crippen molar-refractivity contribution >= 4 is 12.0 Å². The summed E-state index contributed by atoms with van der Waals surface area (Å²) in [7, 11) is 0. The first-order valence-corrected chi connectivity index (χ1v) is 9.79. The zero-order chi connectivity index (χ0) is 18.0. The van der Waals surface area contributed by atoms with Crippen molar-refractivity contribution < 1.29 is 8.92 Å². The molecule has 2 nitrogen and oxygen atoms in total. The van der Waals surface area contributed by atoms with Crippen LogP contribution in [-0.2, 0) is 25.5 Å². The third-order valence-corrected chi connectivity index (χ3v) is 5.82. The van der Waals surface area contributed by atoms with Crippen LogP contribution in [0.25, 0.3) is 11.1 Å². The van der Waals surface area contributed by atoms with E-state index >= 15 is 0 Å². The molecule has 2 aromatic carbocycles. The fourth-order valence-electron chi connectivity index (χ4n) is 3.66. The van der Waals surface area contributed by atoms with Gasteiger partial charge in [-0.1, -0.05) is 65.8 Å². The SMILES string of the molecule is CC(C)(C)c1ccc2c(c1)C1(OCSO1)c1cc(C(C)(C)C)ccc1-2. The number of rotatable bonds is 0. The van der Waals surface area contributed by atoms with E-state index in [0.29, 0.717) is 5.94 Å². The van der Waals surface area contributed by atoms with Gasteiger partial charge in [-0.15, -0.1) is 0 Å². The highest BCUT2D eigenvalue weighted by Gasteiger charge is 2.50. The molecule has 0 saturated carbocycles. The average Bonchev–Trinajstić information content (AvgIpc) is 3.11. The second kappa shape index (κ2) is 5.35. The second-order valence-electron chi connectivity index (χ2n) is 9.10. The summed E-state index contributed by atoms with van der Waals surface area (Å²) >= 11 is 1.40. The lowest BCUT2D eigenvalue weighted by molar-refractivity contribution is -0.101. The standard InChI is InChI=1S/C22H26O2S/c1-20(2,3)14-7-9-16-17-10-8-15(21(4,5)6)12-19(17)22(18(16)11-14)23-13-25-24-22/h7-12H,13H2,1-6H3. The molecular formula is C22H26O2S. The van der Waals surface area contributed by atoms with Gasteiger partial charge in [-0.2, -0.15) is 0 Å². The lowest BCUT2D eigenvalue weighted by atomic mass is 9.84. The molecular weight excluding hydrogens is 328 g/mol. The number of ether oxygens (including phenoxy) is 1. The van der Waals surface area contributed by atoms with E-state index in [-0.39, 0.29) is 10.8 Å². The first kappa shape index (κ1) is 17.1. The molecule has 1 fully saturated rings. The molecule has 0 atom stereocenters. The molecule has 2 aromatic rings. The minimum absolute atomic E-state index is 0.0906. The summed E-state index contributed by atoms with van der Waals surface area (Å²) in [5, 5.41) is 0. The molecule has 0 unspecified atom stereocenters. The summed E-state index contributed by atoms with van der Waals surface area (Å²) in [5.74, 6) is -0.212. The molecule has 0 bridgehead atoms. The minimum atomic E-state index is -0.766. The van der Waals surface area contributed by atoms with E-state index in [4.69, 9.17) is 8.92 Å². The molecule has 0 amide bonds. The van der Waals surface area contributed by atoms with Crippen molar-refractivity contribution in [3.63, 3.8) is 0 Å². The smallest absolute Gasteiger partial charge is 0.236 e. The van der Waals surface area contributed by atoms with E-state index < -0.39 is 5.79 Å². The number of hydrogen-bond acceptors (Lipinski definition) is 3. The molecule has 2 aliphatic rings. The van der Waals surface area contributed by atoms with Crippen LogP contribution in [0, 0.1) is 0 Å². The quantitative estimate of drug-likeness (QED) is 0.531. The summed E-state index contributed by atoms with van der Waals surface area (Å²) in [6.07, 6.45) is 0. The monoisotopic (exact) mass is 354 g/mol. The molecule has 1 aliphatic heterocycles. The molecule has 1 heterocycles. The molecule has 0 radical (unpaired) electrons. The maximum absolute atomic E-state index is 6.23. The normalized spacial score (nSPS) is 18.5. The Balaban J connectivity index is 1.96. The predicted molar refractivity (Wildman–Crippen MR) is 105 cm³/mol. The van der Waals surface area contributed by atoms with Crippen molar-refractivity contribution in [1.82, 2.24) is 0 Å². The van der Waals surface area contributed by atoms with Crippen molar-refractivity contribution in [1.29, 1.82) is 0 Å². The van der Waals surface area contributed by atoms with Crippen molar-refractivity contribution in [2.24, 2.45) is 0 Å². The Morgan fingerprint density at radius 3 is 1.64 bits per heavy atom. The summed E-state index contributed by atoms with van der Waals surface area (Å²) in [6.45, 7) is 13.5. The van der Waals surface area contributed by atoms with Gasteiger partial charge in [0.2, 0.25) is 5.79 Å². The van der Waals surface area contributed by atoms with E-state index in [1.165, 1.54) is 34.3 Å². The van der Waals surface area contributed by atoms with Crippen molar-refractivity contribution in [2.45, 2.75) is 58.2 Å². The van der Waals surface area contributed by atoms with Crippen LogP contribution in [0.2, 0.25) is 0 Å². The lowest BCUT2D eigenvalue weighted by Gasteiger charge is -2.27. The van der Waals surface area contributed by atoms with Crippen LogP contribution in [0.1, 0.15) is 63.8 Å². The van der Waals surface area contributed by atoms with Gasteiger partial charge in [-0.3, -0.25) is 4.18 Å². The molecule has 25 heavy (non-hydrogen) atoms. The number of hydrogen-bond donors (Lipinski definition) is 0. The van der Waals surface area contributed by atoms with Crippen LogP contribution in [0.4, 0.5) is 0 Å². The van der Waals surface area contributed by atoms with Crippen LogP contribution in [-0.4, -0.2) is 5.94 Å². The highest BCUT2D eigenvalue weighted by molar-refractivity contribution is 7.94. The van der Waals surface area contributed by atoms with Gasteiger partial charge < -0.3 is 4.74 Å². The summed E-state index contributed by atoms with van der Waals surface area (Å²) in [4.78, 5) is 0. The maximum Gasteiger partial charge on any atom is 0.236 e. The second-order valence-corrected chi connectivity index (χ2v) is 9.74. The average molecular weight is 355 g/mol. The fraction of sp³-hybridized carbons (Fsp3) is 0.455. The van der Waals surface area contributed by atoms with Crippen LogP contribution in [0.15, 0.2) is 36.4 Å². The molecule has 0 aromatic heterocycles. The molecule has 132 valence electrons. The fourth-order valence-corrected chi connectivity index (χ4v) is 4.32. The van der Waals surface area contributed by atoms with Gasteiger partial charge in [0.15, 0.2) is 0 Å². The Hall–Kier alpha value is -1.29. The zero-order valence-corrected chi connectivity index (χ0v) is 16.7. The first-order chi connectivity index (χ1) is 11.6. The van der Waals surface area contributed by atoms with Gasteiger partial charge in [0.1, 0.15) is 5.94 Å². The molecule has 3 heteroatoms. The third-order valence-electron chi connectivity index (χ3n) is 5.26. The maximum atomic E-state index is 6.23. The van der Waals surface area contributed by atoms with Crippen molar-refractivity contribution in [3.8, 4) is 11.1 Å². The Morgan fingerprint density at radius 2 is 1.28 bits per heavy atom. The summed E-state index contributed by atoms with van der Waals surface area (Å²) < 4.78 is 12.4. The highest BCUT2D eigenvalue weighted by atomic mass is 32.2. The summed E-state index contributed by atoms with van der Waals surface area (Å²) in [5.41, 5.74) is 7.53. The Kier molecular flexibility index (Phi) is 3.67. The van der Waals surface area contributed by atoms with Gasteiger partial charge in [-0.05, 0) is 45.2 Å². The van der Waals surface area contributed by atoms with Crippen LogP contribution in [0.5, 0.6) is 0 Å². The molecule has 1 saturated heterocycles. The first-order valence-electron chi connectivity index (χ1n) is 8.88. The largest absolute Gasteiger partial charge is 0.328 e.